The molecular weight excluding hydrogens is 172 g/mol. The highest BCUT2D eigenvalue weighted by atomic mass is 16.6. The van der Waals surface area contributed by atoms with Gasteiger partial charge < -0.3 is 14.9 Å². The summed E-state index contributed by atoms with van der Waals surface area (Å²) < 4.78 is 5.11. The van der Waals surface area contributed by atoms with E-state index >= 15 is 0 Å². The van der Waals surface area contributed by atoms with Gasteiger partial charge in [-0.05, 0) is 12.8 Å². The topological polar surface area (TPSA) is 66.8 Å². The quantitative estimate of drug-likeness (QED) is 0.615. The number of rotatable bonds is 3. The summed E-state index contributed by atoms with van der Waals surface area (Å²) in [5.41, 5.74) is -0.773. The van der Waals surface area contributed by atoms with Crippen LogP contribution in [0.15, 0.2) is 0 Å². The molecule has 0 unspecified atom stereocenters. The second-order valence-corrected chi connectivity index (χ2v) is 3.43. The van der Waals surface area contributed by atoms with Gasteiger partial charge in [0.25, 0.3) is 0 Å². The van der Waals surface area contributed by atoms with Crippen molar-refractivity contribution in [1.82, 2.24) is 0 Å². The Kier molecular flexibility index (Phi) is 2.93. The van der Waals surface area contributed by atoms with Gasteiger partial charge in [0, 0.05) is 0 Å². The molecule has 1 aliphatic rings. The van der Waals surface area contributed by atoms with Gasteiger partial charge in [-0.3, -0.25) is 4.79 Å². The molecule has 0 radical (unpaired) electrons. The Balaban J connectivity index is 2.87. The zero-order valence-electron chi connectivity index (χ0n) is 7.99. The third-order valence-electron chi connectivity index (χ3n) is 2.92. The molecule has 2 atom stereocenters. The Bertz CT molecular complexity index is 198. The van der Waals surface area contributed by atoms with Crippen LogP contribution >= 0.6 is 0 Å². The molecule has 4 nitrogen and oxygen atoms in total. The van der Waals surface area contributed by atoms with Gasteiger partial charge in [-0.15, -0.1) is 0 Å². The summed E-state index contributed by atoms with van der Waals surface area (Å²) in [6.45, 7) is 3.38. The largest absolute Gasteiger partial charge is 0.456 e. The SMILES string of the molecule is CCC1(CC)OC(=O)[C@@H](CO)[C@@H]1O. The second kappa shape index (κ2) is 3.64. The van der Waals surface area contributed by atoms with Crippen molar-refractivity contribution >= 4 is 5.97 Å². The van der Waals surface area contributed by atoms with Gasteiger partial charge in [-0.25, -0.2) is 0 Å². The number of carbonyl (C=O) groups is 1. The average molecular weight is 188 g/mol. The van der Waals surface area contributed by atoms with Crippen LogP contribution in [-0.4, -0.2) is 34.5 Å². The maximum atomic E-state index is 11.2. The molecule has 2 N–H and O–H groups in total. The average Bonchev–Trinajstić information content (AvgIpc) is 2.38. The van der Waals surface area contributed by atoms with E-state index in [0.717, 1.165) is 0 Å². The number of hydrogen-bond acceptors (Lipinski definition) is 4. The van der Waals surface area contributed by atoms with Gasteiger partial charge in [-0.1, -0.05) is 13.8 Å². The summed E-state index contributed by atoms with van der Waals surface area (Å²) in [5, 5.41) is 18.6. The number of esters is 1. The molecule has 1 fully saturated rings. The molecule has 0 spiro atoms. The van der Waals surface area contributed by atoms with Crippen LogP contribution in [-0.2, 0) is 9.53 Å². The van der Waals surface area contributed by atoms with Crippen molar-refractivity contribution in [3.05, 3.63) is 0 Å². The Hall–Kier alpha value is -0.610. The summed E-state index contributed by atoms with van der Waals surface area (Å²) in [5.74, 6) is -1.25. The first-order chi connectivity index (χ1) is 6.11. The lowest BCUT2D eigenvalue weighted by Gasteiger charge is -2.28. The van der Waals surface area contributed by atoms with Gasteiger partial charge in [0.2, 0.25) is 0 Å². The lowest BCUT2D eigenvalue weighted by atomic mass is 9.86. The van der Waals surface area contributed by atoms with Gasteiger partial charge in [0.1, 0.15) is 17.6 Å². The molecule has 1 aliphatic heterocycles. The number of aliphatic hydroxyl groups is 2. The van der Waals surface area contributed by atoms with Crippen LogP contribution in [0.4, 0.5) is 0 Å². The molecule has 1 heterocycles. The van der Waals surface area contributed by atoms with Crippen LogP contribution in [0, 0.1) is 5.92 Å². The molecule has 0 aromatic rings. The van der Waals surface area contributed by atoms with Gasteiger partial charge in [-0.2, -0.15) is 0 Å². The number of cyclic esters (lactones) is 1. The summed E-state index contributed by atoms with van der Waals surface area (Å²) in [6, 6.07) is 0. The molecule has 13 heavy (non-hydrogen) atoms. The maximum Gasteiger partial charge on any atom is 0.314 e. The Labute approximate surface area is 77.5 Å². The molecule has 1 saturated heterocycles. The zero-order chi connectivity index (χ0) is 10.1. The molecule has 0 amide bonds. The van der Waals surface area contributed by atoms with Gasteiger partial charge in [0.15, 0.2) is 0 Å². The first-order valence-corrected chi connectivity index (χ1v) is 4.63. The number of aliphatic hydroxyl groups excluding tert-OH is 2. The van der Waals surface area contributed by atoms with Crippen molar-refractivity contribution in [3.8, 4) is 0 Å². The smallest absolute Gasteiger partial charge is 0.314 e. The molecule has 0 saturated carbocycles. The van der Waals surface area contributed by atoms with Crippen molar-refractivity contribution in [2.24, 2.45) is 5.92 Å². The predicted octanol–water partition coefficient (Wildman–Crippen LogP) is 0.0714. The van der Waals surface area contributed by atoms with Crippen LogP contribution in [0.1, 0.15) is 26.7 Å². The monoisotopic (exact) mass is 188 g/mol. The second-order valence-electron chi connectivity index (χ2n) is 3.43. The molecule has 4 heteroatoms. The van der Waals surface area contributed by atoms with Gasteiger partial charge >= 0.3 is 5.97 Å². The highest BCUT2D eigenvalue weighted by Crippen LogP contribution is 2.36. The Morgan fingerprint density at radius 2 is 2.00 bits per heavy atom. The van der Waals surface area contributed by atoms with Crippen LogP contribution in [0.2, 0.25) is 0 Å². The fraction of sp³-hybridized carbons (Fsp3) is 0.889. The molecule has 76 valence electrons. The van der Waals surface area contributed by atoms with E-state index < -0.39 is 23.6 Å². The molecule has 0 aromatic carbocycles. The van der Waals surface area contributed by atoms with Crippen molar-refractivity contribution in [3.63, 3.8) is 0 Å². The minimum atomic E-state index is -0.875. The normalized spacial score (nSPS) is 31.8. The first kappa shape index (κ1) is 10.5. The summed E-state index contributed by atoms with van der Waals surface area (Å²) in [4.78, 5) is 11.2. The van der Waals surface area contributed by atoms with Crippen LogP contribution < -0.4 is 0 Å². The molecule has 1 rings (SSSR count). The summed E-state index contributed by atoms with van der Waals surface area (Å²) >= 11 is 0. The van der Waals surface area contributed by atoms with Crippen molar-refractivity contribution in [1.29, 1.82) is 0 Å². The minimum absolute atomic E-state index is 0.345. The molecule has 0 aromatic heterocycles. The highest BCUT2D eigenvalue weighted by molar-refractivity contribution is 5.76. The third-order valence-corrected chi connectivity index (χ3v) is 2.92. The van der Waals surface area contributed by atoms with E-state index in [4.69, 9.17) is 9.84 Å². The maximum absolute atomic E-state index is 11.2. The van der Waals surface area contributed by atoms with E-state index in [0.29, 0.717) is 12.8 Å². The van der Waals surface area contributed by atoms with Crippen molar-refractivity contribution < 1.29 is 19.7 Å². The number of hydrogen-bond donors (Lipinski definition) is 2. The Morgan fingerprint density at radius 1 is 1.46 bits per heavy atom. The molecular formula is C9H16O4. The van der Waals surface area contributed by atoms with E-state index in [-0.39, 0.29) is 6.61 Å². The van der Waals surface area contributed by atoms with Crippen LogP contribution in [0.25, 0.3) is 0 Å². The third kappa shape index (κ3) is 1.44. The van der Waals surface area contributed by atoms with Crippen LogP contribution in [0.5, 0.6) is 0 Å². The highest BCUT2D eigenvalue weighted by Gasteiger charge is 2.52. The Morgan fingerprint density at radius 3 is 2.23 bits per heavy atom. The summed E-state index contributed by atoms with van der Waals surface area (Å²) in [6.07, 6.45) is 0.278. The van der Waals surface area contributed by atoms with E-state index in [9.17, 15) is 9.90 Å². The van der Waals surface area contributed by atoms with E-state index in [1.165, 1.54) is 0 Å². The lowest BCUT2D eigenvalue weighted by molar-refractivity contribution is -0.153. The number of ether oxygens (including phenoxy) is 1. The van der Waals surface area contributed by atoms with Crippen LogP contribution in [0.3, 0.4) is 0 Å². The summed E-state index contributed by atoms with van der Waals surface area (Å²) in [7, 11) is 0. The standard InChI is InChI=1S/C9H16O4/c1-3-9(4-2)7(11)6(5-10)8(12)13-9/h6-7,10-11H,3-5H2,1-2H3/t6-,7-/m0/s1. The fourth-order valence-corrected chi connectivity index (χ4v) is 1.82. The van der Waals surface area contributed by atoms with E-state index in [1.807, 2.05) is 13.8 Å². The lowest BCUT2D eigenvalue weighted by Crippen LogP contribution is -2.41. The van der Waals surface area contributed by atoms with Crippen molar-refractivity contribution in [2.75, 3.05) is 6.61 Å². The molecule has 0 aliphatic carbocycles. The van der Waals surface area contributed by atoms with Crippen molar-refractivity contribution in [2.45, 2.75) is 38.4 Å². The fourth-order valence-electron chi connectivity index (χ4n) is 1.82. The van der Waals surface area contributed by atoms with Gasteiger partial charge in [0.05, 0.1) is 6.61 Å². The van der Waals surface area contributed by atoms with E-state index in [1.54, 1.807) is 0 Å². The zero-order valence-corrected chi connectivity index (χ0v) is 7.99. The van der Waals surface area contributed by atoms with E-state index in [2.05, 4.69) is 0 Å². The molecule has 0 bridgehead atoms. The minimum Gasteiger partial charge on any atom is -0.456 e. The number of carbonyl (C=O) groups excluding carboxylic acids is 1. The first-order valence-electron chi connectivity index (χ1n) is 4.63. The predicted molar refractivity (Wildman–Crippen MR) is 46.0 cm³/mol.